The second kappa shape index (κ2) is 4.23. The predicted molar refractivity (Wildman–Crippen MR) is 66.6 cm³/mol. The molecule has 3 rings (SSSR count). The standard InChI is InChI=1S/C13H21N3O2/c14-9-13(3-4-13)12(18)16-7-5-15(6-8-16)11(17)10-1-2-10/h10H,1-9,14H2. The highest BCUT2D eigenvalue weighted by atomic mass is 16.2. The summed E-state index contributed by atoms with van der Waals surface area (Å²) in [6.07, 6.45) is 3.97. The fourth-order valence-electron chi connectivity index (χ4n) is 2.71. The highest BCUT2D eigenvalue weighted by Crippen LogP contribution is 2.46. The first-order valence-electron chi connectivity index (χ1n) is 6.94. The average Bonchev–Trinajstić information content (AvgIpc) is 3.31. The van der Waals surface area contributed by atoms with Crippen molar-refractivity contribution in [2.24, 2.45) is 17.1 Å². The molecular formula is C13H21N3O2. The molecule has 0 aromatic heterocycles. The van der Waals surface area contributed by atoms with Crippen LogP contribution in [0, 0.1) is 11.3 Å². The van der Waals surface area contributed by atoms with Gasteiger partial charge in [-0.1, -0.05) is 0 Å². The Morgan fingerprint density at radius 1 is 1.06 bits per heavy atom. The fraction of sp³-hybridized carbons (Fsp3) is 0.846. The average molecular weight is 251 g/mol. The molecule has 5 nitrogen and oxygen atoms in total. The van der Waals surface area contributed by atoms with Gasteiger partial charge in [0, 0.05) is 38.6 Å². The molecule has 0 unspecified atom stereocenters. The molecule has 5 heteroatoms. The molecule has 2 saturated carbocycles. The van der Waals surface area contributed by atoms with Crippen LogP contribution in [0.4, 0.5) is 0 Å². The van der Waals surface area contributed by atoms with Crippen LogP contribution in [-0.4, -0.2) is 54.3 Å². The maximum Gasteiger partial charge on any atom is 0.230 e. The molecule has 0 radical (unpaired) electrons. The third-order valence-electron chi connectivity index (χ3n) is 4.50. The quantitative estimate of drug-likeness (QED) is 0.756. The Kier molecular flexibility index (Phi) is 2.81. The molecule has 3 fully saturated rings. The van der Waals surface area contributed by atoms with Gasteiger partial charge in [0.2, 0.25) is 11.8 Å². The molecule has 1 saturated heterocycles. The van der Waals surface area contributed by atoms with E-state index in [4.69, 9.17) is 5.73 Å². The van der Waals surface area contributed by atoms with Gasteiger partial charge in [-0.05, 0) is 25.7 Å². The van der Waals surface area contributed by atoms with Crippen LogP contribution in [0.5, 0.6) is 0 Å². The molecule has 2 amide bonds. The molecular weight excluding hydrogens is 230 g/mol. The number of rotatable bonds is 3. The van der Waals surface area contributed by atoms with Gasteiger partial charge in [-0.15, -0.1) is 0 Å². The topological polar surface area (TPSA) is 66.6 Å². The van der Waals surface area contributed by atoms with E-state index in [2.05, 4.69) is 0 Å². The van der Waals surface area contributed by atoms with Crippen LogP contribution in [0.3, 0.4) is 0 Å². The predicted octanol–water partition coefficient (Wildman–Crippen LogP) is -0.194. The van der Waals surface area contributed by atoms with Crippen molar-refractivity contribution >= 4 is 11.8 Å². The molecule has 100 valence electrons. The molecule has 0 atom stereocenters. The molecule has 2 N–H and O–H groups in total. The normalized spacial score (nSPS) is 26.1. The van der Waals surface area contributed by atoms with E-state index in [0.29, 0.717) is 38.6 Å². The summed E-state index contributed by atoms with van der Waals surface area (Å²) in [6, 6.07) is 0. The third-order valence-corrected chi connectivity index (χ3v) is 4.50. The molecule has 1 aliphatic heterocycles. The van der Waals surface area contributed by atoms with Crippen molar-refractivity contribution in [3.8, 4) is 0 Å². The van der Waals surface area contributed by atoms with E-state index in [-0.39, 0.29) is 17.2 Å². The molecule has 18 heavy (non-hydrogen) atoms. The van der Waals surface area contributed by atoms with E-state index >= 15 is 0 Å². The van der Waals surface area contributed by atoms with Gasteiger partial charge in [-0.2, -0.15) is 0 Å². The zero-order valence-corrected chi connectivity index (χ0v) is 10.7. The second-order valence-electron chi connectivity index (χ2n) is 5.88. The summed E-state index contributed by atoms with van der Waals surface area (Å²) in [4.78, 5) is 28.0. The van der Waals surface area contributed by atoms with E-state index in [1.54, 1.807) is 0 Å². The summed E-state index contributed by atoms with van der Waals surface area (Å²) < 4.78 is 0. The smallest absolute Gasteiger partial charge is 0.230 e. The van der Waals surface area contributed by atoms with Gasteiger partial charge in [-0.3, -0.25) is 9.59 Å². The molecule has 3 aliphatic rings. The zero-order valence-electron chi connectivity index (χ0n) is 10.7. The van der Waals surface area contributed by atoms with Crippen molar-refractivity contribution in [2.45, 2.75) is 25.7 Å². The Morgan fingerprint density at radius 3 is 2.06 bits per heavy atom. The highest BCUT2D eigenvalue weighted by molar-refractivity contribution is 5.86. The first-order valence-corrected chi connectivity index (χ1v) is 6.94. The zero-order chi connectivity index (χ0) is 12.8. The van der Waals surface area contributed by atoms with Crippen LogP contribution >= 0.6 is 0 Å². The summed E-state index contributed by atoms with van der Waals surface area (Å²) in [5.74, 6) is 0.789. The van der Waals surface area contributed by atoms with Gasteiger partial charge in [0.25, 0.3) is 0 Å². The lowest BCUT2D eigenvalue weighted by Crippen LogP contribution is -2.53. The summed E-state index contributed by atoms with van der Waals surface area (Å²) in [5, 5.41) is 0. The van der Waals surface area contributed by atoms with Crippen LogP contribution in [0.25, 0.3) is 0 Å². The number of carbonyl (C=O) groups is 2. The molecule has 0 aromatic carbocycles. The van der Waals surface area contributed by atoms with E-state index < -0.39 is 0 Å². The van der Waals surface area contributed by atoms with Crippen molar-refractivity contribution in [3.63, 3.8) is 0 Å². The van der Waals surface area contributed by atoms with Crippen molar-refractivity contribution in [1.29, 1.82) is 0 Å². The SMILES string of the molecule is NCC1(C(=O)N2CCN(C(=O)C3CC3)CC2)CC1. The van der Waals surface area contributed by atoms with Crippen molar-refractivity contribution in [1.82, 2.24) is 9.80 Å². The number of nitrogens with zero attached hydrogens (tertiary/aromatic N) is 2. The van der Waals surface area contributed by atoms with E-state index in [0.717, 1.165) is 25.7 Å². The maximum atomic E-state index is 12.3. The summed E-state index contributed by atoms with van der Waals surface area (Å²) in [7, 11) is 0. The van der Waals surface area contributed by atoms with Gasteiger partial charge in [-0.25, -0.2) is 0 Å². The van der Waals surface area contributed by atoms with Crippen molar-refractivity contribution in [2.75, 3.05) is 32.7 Å². The Hall–Kier alpha value is -1.10. The van der Waals surface area contributed by atoms with Gasteiger partial charge < -0.3 is 15.5 Å². The second-order valence-corrected chi connectivity index (χ2v) is 5.88. The highest BCUT2D eigenvalue weighted by Gasteiger charge is 2.50. The summed E-state index contributed by atoms with van der Waals surface area (Å²) in [6.45, 7) is 3.22. The lowest BCUT2D eigenvalue weighted by Gasteiger charge is -2.36. The number of carbonyl (C=O) groups excluding carboxylic acids is 2. The van der Waals surface area contributed by atoms with E-state index in [9.17, 15) is 9.59 Å². The van der Waals surface area contributed by atoms with Crippen LogP contribution in [0.2, 0.25) is 0 Å². The van der Waals surface area contributed by atoms with Crippen molar-refractivity contribution in [3.05, 3.63) is 0 Å². The fourth-order valence-corrected chi connectivity index (χ4v) is 2.71. The number of hydrogen-bond acceptors (Lipinski definition) is 3. The molecule has 0 aromatic rings. The Bertz CT molecular complexity index is 366. The van der Waals surface area contributed by atoms with E-state index in [1.807, 2.05) is 9.80 Å². The lowest BCUT2D eigenvalue weighted by atomic mass is 10.1. The van der Waals surface area contributed by atoms with Gasteiger partial charge >= 0.3 is 0 Å². The minimum Gasteiger partial charge on any atom is -0.339 e. The van der Waals surface area contributed by atoms with Gasteiger partial charge in [0.05, 0.1) is 5.41 Å². The molecule has 0 bridgehead atoms. The number of piperazine rings is 1. The first-order chi connectivity index (χ1) is 8.66. The van der Waals surface area contributed by atoms with Crippen molar-refractivity contribution < 1.29 is 9.59 Å². The molecule has 0 spiro atoms. The largest absolute Gasteiger partial charge is 0.339 e. The Labute approximate surface area is 107 Å². The monoisotopic (exact) mass is 251 g/mol. The minimum absolute atomic E-state index is 0.212. The van der Waals surface area contributed by atoms with Gasteiger partial charge in [0.1, 0.15) is 0 Å². The lowest BCUT2D eigenvalue weighted by molar-refractivity contribution is -0.143. The van der Waals surface area contributed by atoms with Crippen LogP contribution in [0.15, 0.2) is 0 Å². The molecule has 1 heterocycles. The Balaban J connectivity index is 1.53. The number of nitrogens with two attached hydrogens (primary N) is 1. The van der Waals surface area contributed by atoms with Gasteiger partial charge in [0.15, 0.2) is 0 Å². The third kappa shape index (κ3) is 2.00. The Morgan fingerprint density at radius 2 is 1.61 bits per heavy atom. The summed E-state index contributed by atoms with van der Waals surface area (Å²) in [5.41, 5.74) is 5.44. The maximum absolute atomic E-state index is 12.3. The number of amides is 2. The molecule has 2 aliphatic carbocycles. The van der Waals surface area contributed by atoms with Crippen LogP contribution < -0.4 is 5.73 Å². The summed E-state index contributed by atoms with van der Waals surface area (Å²) >= 11 is 0. The van der Waals surface area contributed by atoms with Crippen LogP contribution in [0.1, 0.15) is 25.7 Å². The first kappa shape index (κ1) is 12.0. The number of hydrogen-bond donors (Lipinski definition) is 1. The van der Waals surface area contributed by atoms with Crippen LogP contribution in [-0.2, 0) is 9.59 Å². The van der Waals surface area contributed by atoms with E-state index in [1.165, 1.54) is 0 Å². The minimum atomic E-state index is -0.247.